The van der Waals surface area contributed by atoms with Crippen LogP contribution < -0.4 is 18.9 Å². The molecular weight excluding hydrogens is 522 g/mol. The van der Waals surface area contributed by atoms with Gasteiger partial charge in [0.05, 0.1) is 45.5 Å². The van der Waals surface area contributed by atoms with Gasteiger partial charge in [-0.05, 0) is 40.8 Å². The van der Waals surface area contributed by atoms with E-state index in [4.69, 9.17) is 33.2 Å². The number of amides is 2. The number of fused-ring (bicyclic) bond motifs is 1. The number of methoxy groups -OCH3 is 3. The molecule has 0 aliphatic carbocycles. The normalized spacial score (nSPS) is 25.5. The second-order valence-electron chi connectivity index (χ2n) is 10.9. The molecule has 5 atom stereocenters. The van der Waals surface area contributed by atoms with Crippen LogP contribution >= 0.6 is 0 Å². The summed E-state index contributed by atoms with van der Waals surface area (Å²) in [6.07, 6.45) is -2.60. The lowest BCUT2D eigenvalue weighted by molar-refractivity contribution is -0.152. The molecule has 2 amide bonds. The minimum absolute atomic E-state index is 0.0539. The molecule has 3 heterocycles. The van der Waals surface area contributed by atoms with Gasteiger partial charge in [0, 0.05) is 0 Å². The first-order valence-corrected chi connectivity index (χ1v) is 12.9. The molecule has 0 saturated carbocycles. The molecule has 3 aliphatic heterocycles. The van der Waals surface area contributed by atoms with Crippen molar-refractivity contribution in [2.24, 2.45) is 17.3 Å². The van der Waals surface area contributed by atoms with Crippen LogP contribution in [0.1, 0.15) is 44.1 Å². The van der Waals surface area contributed by atoms with Gasteiger partial charge in [-0.1, -0.05) is 32.9 Å². The minimum Gasteiger partial charge on any atom is -0.493 e. The van der Waals surface area contributed by atoms with Crippen LogP contribution in [0.5, 0.6) is 23.0 Å². The Bertz CT molecular complexity index is 1320. The topological polar surface area (TPSA) is 119 Å². The Morgan fingerprint density at radius 2 is 1.50 bits per heavy atom. The molecular formula is C29H33NO10. The Kier molecular flexibility index (Phi) is 7.26. The highest BCUT2D eigenvalue weighted by molar-refractivity contribution is 5.97. The Hall–Kier alpha value is -3.99. The Morgan fingerprint density at radius 1 is 0.850 bits per heavy atom. The average Bonchev–Trinajstić information content (AvgIpc) is 3.67. The molecule has 0 unspecified atom stereocenters. The number of nitrogens with zero attached hydrogens (tertiary/aromatic N) is 1. The van der Waals surface area contributed by atoms with E-state index in [9.17, 15) is 14.4 Å². The van der Waals surface area contributed by atoms with Crippen LogP contribution in [0.15, 0.2) is 36.4 Å². The van der Waals surface area contributed by atoms with Crippen LogP contribution in [0, 0.1) is 17.3 Å². The lowest BCUT2D eigenvalue weighted by atomic mass is 9.80. The van der Waals surface area contributed by atoms with Crippen molar-refractivity contribution in [1.82, 2.24) is 4.90 Å². The summed E-state index contributed by atoms with van der Waals surface area (Å²) in [5.41, 5.74) is 0.684. The maximum Gasteiger partial charge on any atom is 0.417 e. The standard InChI is InChI=1S/C29H33NO10/c1-29(2,3)21-13-37-28(33)30(21)26(31)22-23(27(32)36-6)25(15-7-9-17(34-4)19(11-15)35-5)40-24(22)16-8-10-18-20(12-16)39-14-38-18/h7-12,21-25H,13-14H2,1-6H3/t21-,22-,23-,24+,25-/m1/s1. The van der Waals surface area contributed by atoms with E-state index < -0.39 is 53.5 Å². The lowest BCUT2D eigenvalue weighted by Gasteiger charge is -2.33. The van der Waals surface area contributed by atoms with Gasteiger partial charge in [0.2, 0.25) is 12.7 Å². The molecule has 3 aliphatic rings. The molecule has 0 N–H and O–H groups in total. The van der Waals surface area contributed by atoms with Gasteiger partial charge in [-0.25, -0.2) is 9.69 Å². The number of hydrogen-bond acceptors (Lipinski definition) is 10. The van der Waals surface area contributed by atoms with Crippen LogP contribution in [0.4, 0.5) is 4.79 Å². The Balaban J connectivity index is 1.64. The first kappa shape index (κ1) is 27.6. The smallest absolute Gasteiger partial charge is 0.417 e. The van der Waals surface area contributed by atoms with Crippen molar-refractivity contribution in [1.29, 1.82) is 0 Å². The number of esters is 1. The number of ether oxygens (including phenoxy) is 7. The number of imide groups is 1. The molecule has 40 heavy (non-hydrogen) atoms. The predicted molar refractivity (Wildman–Crippen MR) is 139 cm³/mol. The fourth-order valence-corrected chi connectivity index (χ4v) is 5.55. The summed E-state index contributed by atoms with van der Waals surface area (Å²) >= 11 is 0. The lowest BCUT2D eigenvalue weighted by Crippen LogP contribution is -2.50. The number of rotatable bonds is 6. The third kappa shape index (κ3) is 4.68. The molecule has 0 bridgehead atoms. The highest BCUT2D eigenvalue weighted by Gasteiger charge is 2.58. The van der Waals surface area contributed by atoms with Crippen molar-refractivity contribution in [3.63, 3.8) is 0 Å². The minimum atomic E-state index is -1.12. The number of hydrogen-bond donors (Lipinski definition) is 0. The van der Waals surface area contributed by atoms with Crippen molar-refractivity contribution in [3.8, 4) is 23.0 Å². The van der Waals surface area contributed by atoms with Gasteiger partial charge >= 0.3 is 12.1 Å². The van der Waals surface area contributed by atoms with Crippen LogP contribution in [-0.2, 0) is 23.8 Å². The molecule has 0 spiro atoms. The number of cyclic esters (lactones) is 1. The summed E-state index contributed by atoms with van der Waals surface area (Å²) in [7, 11) is 4.28. The molecule has 0 radical (unpaired) electrons. The van der Waals surface area contributed by atoms with Gasteiger partial charge in [-0.15, -0.1) is 0 Å². The van der Waals surface area contributed by atoms with E-state index in [1.807, 2.05) is 20.8 Å². The predicted octanol–water partition coefficient (Wildman–Crippen LogP) is 4.04. The number of benzene rings is 2. The van der Waals surface area contributed by atoms with Gasteiger partial charge in [0.25, 0.3) is 0 Å². The number of carbonyl (C=O) groups is 3. The van der Waals surface area contributed by atoms with Crippen molar-refractivity contribution < 1.29 is 47.5 Å². The Morgan fingerprint density at radius 3 is 2.17 bits per heavy atom. The van der Waals surface area contributed by atoms with Crippen molar-refractivity contribution in [2.45, 2.75) is 39.0 Å². The zero-order valence-corrected chi connectivity index (χ0v) is 23.3. The van der Waals surface area contributed by atoms with Crippen LogP contribution in [0.3, 0.4) is 0 Å². The van der Waals surface area contributed by atoms with E-state index in [0.717, 1.165) is 4.90 Å². The van der Waals surface area contributed by atoms with Gasteiger partial charge in [0.1, 0.15) is 12.5 Å². The first-order chi connectivity index (χ1) is 19.1. The molecule has 2 saturated heterocycles. The molecule has 2 aromatic carbocycles. The fraction of sp³-hybridized carbons (Fsp3) is 0.483. The average molecular weight is 556 g/mol. The van der Waals surface area contributed by atoms with Crippen molar-refractivity contribution >= 4 is 18.0 Å². The molecule has 11 heteroatoms. The third-order valence-electron chi connectivity index (χ3n) is 7.66. The highest BCUT2D eigenvalue weighted by Crippen LogP contribution is 2.53. The summed E-state index contributed by atoms with van der Waals surface area (Å²) in [6, 6.07) is 9.81. The largest absolute Gasteiger partial charge is 0.493 e. The van der Waals surface area contributed by atoms with E-state index in [-0.39, 0.29) is 13.4 Å². The molecule has 214 valence electrons. The van der Waals surface area contributed by atoms with Crippen LogP contribution in [-0.4, -0.2) is 63.6 Å². The third-order valence-corrected chi connectivity index (χ3v) is 7.66. The molecule has 0 aromatic heterocycles. The van der Waals surface area contributed by atoms with E-state index in [1.54, 1.807) is 36.4 Å². The van der Waals surface area contributed by atoms with E-state index in [2.05, 4.69) is 0 Å². The summed E-state index contributed by atoms with van der Waals surface area (Å²) in [5.74, 6) is -1.48. The second kappa shape index (κ2) is 10.5. The second-order valence-corrected chi connectivity index (χ2v) is 10.9. The summed E-state index contributed by atoms with van der Waals surface area (Å²) in [4.78, 5) is 41.9. The van der Waals surface area contributed by atoms with Crippen molar-refractivity contribution in [3.05, 3.63) is 47.5 Å². The molecule has 2 fully saturated rings. The summed E-state index contributed by atoms with van der Waals surface area (Å²) in [5, 5.41) is 0. The fourth-order valence-electron chi connectivity index (χ4n) is 5.55. The summed E-state index contributed by atoms with van der Waals surface area (Å²) in [6.45, 7) is 5.89. The SMILES string of the molecule is COC(=O)[C@@H]1[C@@H](C(=O)N2C(=O)OC[C@@H]2C(C)(C)C)[C@H](c2ccc3c(c2)OCO3)O[C@@H]1c1ccc(OC)c(OC)c1. The van der Waals surface area contributed by atoms with Gasteiger partial charge in [0.15, 0.2) is 23.0 Å². The zero-order chi connectivity index (χ0) is 28.8. The maximum atomic E-state index is 14.4. The van der Waals surface area contributed by atoms with Gasteiger partial charge in [-0.2, -0.15) is 0 Å². The van der Waals surface area contributed by atoms with E-state index in [0.29, 0.717) is 34.1 Å². The van der Waals surface area contributed by atoms with E-state index >= 15 is 0 Å². The molecule has 2 aromatic rings. The Labute approximate surface area is 232 Å². The monoisotopic (exact) mass is 555 g/mol. The van der Waals surface area contributed by atoms with Gasteiger partial charge in [-0.3, -0.25) is 9.59 Å². The zero-order valence-electron chi connectivity index (χ0n) is 23.3. The maximum absolute atomic E-state index is 14.4. The van der Waals surface area contributed by atoms with E-state index in [1.165, 1.54) is 21.3 Å². The van der Waals surface area contributed by atoms with Crippen molar-refractivity contribution in [2.75, 3.05) is 34.7 Å². The molecule has 11 nitrogen and oxygen atoms in total. The van der Waals surface area contributed by atoms with Crippen LogP contribution in [0.25, 0.3) is 0 Å². The first-order valence-electron chi connectivity index (χ1n) is 12.9. The summed E-state index contributed by atoms with van der Waals surface area (Å²) < 4.78 is 38.9. The molecule has 5 rings (SSSR count). The number of carbonyl (C=O) groups excluding carboxylic acids is 3. The quantitative estimate of drug-likeness (QED) is 0.483. The van der Waals surface area contributed by atoms with Crippen LogP contribution in [0.2, 0.25) is 0 Å². The highest BCUT2D eigenvalue weighted by atomic mass is 16.7. The van der Waals surface area contributed by atoms with Gasteiger partial charge < -0.3 is 33.2 Å².